The summed E-state index contributed by atoms with van der Waals surface area (Å²) in [5.74, 6) is 0.767. The smallest absolute Gasteiger partial charge is 0.258 e. The van der Waals surface area contributed by atoms with Gasteiger partial charge >= 0.3 is 0 Å². The van der Waals surface area contributed by atoms with E-state index >= 15 is 0 Å². The van der Waals surface area contributed by atoms with Crippen molar-refractivity contribution >= 4 is 17.3 Å². The third-order valence-corrected chi connectivity index (χ3v) is 5.27. The Morgan fingerprint density at radius 1 is 1.00 bits per heavy atom. The number of rotatable bonds is 6. The van der Waals surface area contributed by atoms with Crippen LogP contribution in [0.5, 0.6) is 0 Å². The highest BCUT2D eigenvalue weighted by Crippen LogP contribution is 2.34. The number of hydrogen-bond donors (Lipinski definition) is 1. The number of amides is 1. The van der Waals surface area contributed by atoms with Gasteiger partial charge in [0.05, 0.1) is 18.4 Å². The standard InChI is InChI=1S/C23H25N3O2/c1-3-25(4-2)18-13-11-17(12-14-18)22-24-21-10-6-5-9-20(21)23(27)26(22)16-19-8-7-15-28-19/h5-15,22,24H,3-4,16H2,1-2H3. The zero-order valence-corrected chi connectivity index (χ0v) is 16.3. The molecular weight excluding hydrogens is 350 g/mol. The molecule has 1 amide bonds. The first-order valence-electron chi connectivity index (χ1n) is 9.75. The highest BCUT2D eigenvalue weighted by Gasteiger charge is 2.33. The van der Waals surface area contributed by atoms with E-state index in [1.54, 1.807) is 6.26 Å². The molecule has 2 aromatic carbocycles. The molecule has 2 heterocycles. The van der Waals surface area contributed by atoms with Gasteiger partial charge in [0.15, 0.2) is 0 Å². The van der Waals surface area contributed by atoms with Crippen LogP contribution in [-0.2, 0) is 6.54 Å². The molecule has 1 aliphatic heterocycles. The largest absolute Gasteiger partial charge is 0.467 e. The summed E-state index contributed by atoms with van der Waals surface area (Å²) in [6.07, 6.45) is 1.39. The SMILES string of the molecule is CCN(CC)c1ccc(C2Nc3ccccc3C(=O)N2Cc2ccco2)cc1. The van der Waals surface area contributed by atoms with Gasteiger partial charge in [0, 0.05) is 24.5 Å². The Balaban J connectivity index is 1.69. The van der Waals surface area contributed by atoms with Gasteiger partial charge in [-0.05, 0) is 55.8 Å². The molecule has 1 unspecified atom stereocenters. The molecular formula is C23H25N3O2. The lowest BCUT2D eigenvalue weighted by Crippen LogP contribution is -2.42. The topological polar surface area (TPSA) is 48.7 Å². The maximum absolute atomic E-state index is 13.2. The number of fused-ring (bicyclic) bond motifs is 1. The predicted molar refractivity (Wildman–Crippen MR) is 111 cm³/mol. The van der Waals surface area contributed by atoms with Crippen molar-refractivity contribution in [3.63, 3.8) is 0 Å². The second-order valence-electron chi connectivity index (χ2n) is 6.87. The molecule has 0 radical (unpaired) electrons. The van der Waals surface area contributed by atoms with E-state index in [0.717, 1.165) is 30.1 Å². The van der Waals surface area contributed by atoms with Gasteiger partial charge in [0.1, 0.15) is 11.9 Å². The highest BCUT2D eigenvalue weighted by atomic mass is 16.3. The molecule has 3 aromatic rings. The van der Waals surface area contributed by atoms with Gasteiger partial charge in [0.25, 0.3) is 5.91 Å². The van der Waals surface area contributed by atoms with Crippen LogP contribution in [0, 0.1) is 0 Å². The summed E-state index contributed by atoms with van der Waals surface area (Å²) in [5, 5.41) is 3.53. The van der Waals surface area contributed by atoms with Gasteiger partial charge < -0.3 is 19.5 Å². The van der Waals surface area contributed by atoms with Crippen molar-refractivity contribution in [1.29, 1.82) is 0 Å². The predicted octanol–water partition coefficient (Wildman–Crippen LogP) is 4.89. The number of anilines is 2. The number of benzene rings is 2. The summed E-state index contributed by atoms with van der Waals surface area (Å²) in [5.41, 5.74) is 3.78. The van der Waals surface area contributed by atoms with Crippen LogP contribution in [-0.4, -0.2) is 23.9 Å². The average molecular weight is 375 g/mol. The van der Waals surface area contributed by atoms with E-state index in [0.29, 0.717) is 12.1 Å². The lowest BCUT2D eigenvalue weighted by molar-refractivity contribution is 0.0651. The first-order valence-corrected chi connectivity index (χ1v) is 9.75. The summed E-state index contributed by atoms with van der Waals surface area (Å²) >= 11 is 0. The van der Waals surface area contributed by atoms with E-state index < -0.39 is 0 Å². The molecule has 0 aliphatic carbocycles. The van der Waals surface area contributed by atoms with Gasteiger partial charge in [-0.15, -0.1) is 0 Å². The lowest BCUT2D eigenvalue weighted by Gasteiger charge is -2.38. The summed E-state index contributed by atoms with van der Waals surface area (Å²) in [6.45, 7) is 6.65. The Kier molecular flexibility index (Phi) is 5.06. The van der Waals surface area contributed by atoms with Crippen LogP contribution >= 0.6 is 0 Å². The molecule has 1 aromatic heterocycles. The minimum absolute atomic E-state index is 0.00331. The molecule has 0 fully saturated rings. The number of nitrogens with zero attached hydrogens (tertiary/aromatic N) is 2. The second kappa shape index (κ2) is 7.80. The molecule has 5 heteroatoms. The third-order valence-electron chi connectivity index (χ3n) is 5.27. The van der Waals surface area contributed by atoms with E-state index in [9.17, 15) is 4.79 Å². The first kappa shape index (κ1) is 18.2. The normalized spacial score (nSPS) is 15.9. The molecule has 1 aliphatic rings. The number of hydrogen-bond acceptors (Lipinski definition) is 4. The van der Waals surface area contributed by atoms with Crippen LogP contribution in [0.2, 0.25) is 0 Å². The molecule has 1 N–H and O–H groups in total. The average Bonchev–Trinajstić information content (AvgIpc) is 3.25. The van der Waals surface area contributed by atoms with E-state index in [1.807, 2.05) is 41.3 Å². The van der Waals surface area contributed by atoms with Crippen LogP contribution in [0.1, 0.15) is 41.7 Å². The van der Waals surface area contributed by atoms with Crippen LogP contribution in [0.15, 0.2) is 71.3 Å². The first-order chi connectivity index (χ1) is 13.7. The lowest BCUT2D eigenvalue weighted by atomic mass is 10.0. The molecule has 144 valence electrons. The van der Waals surface area contributed by atoms with Gasteiger partial charge in [0.2, 0.25) is 0 Å². The number of nitrogens with one attached hydrogen (secondary N) is 1. The maximum atomic E-state index is 13.2. The summed E-state index contributed by atoms with van der Waals surface area (Å²) in [7, 11) is 0. The fraction of sp³-hybridized carbons (Fsp3) is 0.261. The summed E-state index contributed by atoms with van der Waals surface area (Å²) in [6, 6.07) is 19.8. The van der Waals surface area contributed by atoms with Crippen LogP contribution < -0.4 is 10.2 Å². The minimum Gasteiger partial charge on any atom is -0.467 e. The Morgan fingerprint density at radius 2 is 1.75 bits per heavy atom. The van der Waals surface area contributed by atoms with Crippen molar-refractivity contribution in [2.45, 2.75) is 26.6 Å². The van der Waals surface area contributed by atoms with E-state index in [2.05, 4.69) is 48.3 Å². The van der Waals surface area contributed by atoms with Crippen molar-refractivity contribution in [2.75, 3.05) is 23.3 Å². The molecule has 0 bridgehead atoms. The third kappa shape index (κ3) is 3.36. The number of carbonyl (C=O) groups excluding carboxylic acids is 1. The Labute approximate surface area is 165 Å². The van der Waals surface area contributed by atoms with Crippen molar-refractivity contribution in [3.05, 3.63) is 83.8 Å². The van der Waals surface area contributed by atoms with Gasteiger partial charge in [-0.2, -0.15) is 0 Å². The number of para-hydroxylation sites is 1. The molecule has 0 saturated heterocycles. The molecule has 5 nitrogen and oxygen atoms in total. The molecule has 4 rings (SSSR count). The highest BCUT2D eigenvalue weighted by molar-refractivity contribution is 6.01. The quantitative estimate of drug-likeness (QED) is 0.666. The molecule has 28 heavy (non-hydrogen) atoms. The fourth-order valence-electron chi connectivity index (χ4n) is 3.75. The van der Waals surface area contributed by atoms with Crippen molar-refractivity contribution in [3.8, 4) is 0 Å². The van der Waals surface area contributed by atoms with Crippen LogP contribution in [0.4, 0.5) is 11.4 Å². The van der Waals surface area contributed by atoms with Gasteiger partial charge in [-0.25, -0.2) is 0 Å². The molecule has 0 saturated carbocycles. The van der Waals surface area contributed by atoms with E-state index in [1.165, 1.54) is 5.69 Å². The monoisotopic (exact) mass is 375 g/mol. The zero-order valence-electron chi connectivity index (χ0n) is 16.3. The molecule has 0 spiro atoms. The number of carbonyl (C=O) groups is 1. The molecule has 1 atom stereocenters. The van der Waals surface area contributed by atoms with Crippen molar-refractivity contribution < 1.29 is 9.21 Å². The van der Waals surface area contributed by atoms with Crippen molar-refractivity contribution in [1.82, 2.24) is 4.90 Å². The summed E-state index contributed by atoms with van der Waals surface area (Å²) < 4.78 is 5.51. The minimum atomic E-state index is -0.252. The van der Waals surface area contributed by atoms with Crippen LogP contribution in [0.3, 0.4) is 0 Å². The van der Waals surface area contributed by atoms with E-state index in [-0.39, 0.29) is 12.1 Å². The Morgan fingerprint density at radius 3 is 2.43 bits per heavy atom. The van der Waals surface area contributed by atoms with Gasteiger partial charge in [-0.3, -0.25) is 4.79 Å². The maximum Gasteiger partial charge on any atom is 0.258 e. The number of furan rings is 1. The van der Waals surface area contributed by atoms with Crippen molar-refractivity contribution in [2.24, 2.45) is 0 Å². The second-order valence-corrected chi connectivity index (χ2v) is 6.87. The fourth-order valence-corrected chi connectivity index (χ4v) is 3.75. The Bertz CT molecular complexity index is 931. The Hall–Kier alpha value is -3.21. The van der Waals surface area contributed by atoms with Gasteiger partial charge in [-0.1, -0.05) is 24.3 Å². The van der Waals surface area contributed by atoms with E-state index in [4.69, 9.17) is 4.42 Å². The summed E-state index contributed by atoms with van der Waals surface area (Å²) in [4.78, 5) is 17.4. The zero-order chi connectivity index (χ0) is 19.5. The van der Waals surface area contributed by atoms with Crippen LogP contribution in [0.25, 0.3) is 0 Å².